The number of nitrogens with zero attached hydrogens (tertiary/aromatic N) is 2. The molecule has 1 N–H and O–H groups in total. The summed E-state index contributed by atoms with van der Waals surface area (Å²) in [7, 11) is 0. The van der Waals surface area contributed by atoms with Crippen LogP contribution in [0.4, 0.5) is 0 Å². The first-order valence-corrected chi connectivity index (χ1v) is 16.1. The third-order valence-electron chi connectivity index (χ3n) is 9.33. The highest BCUT2D eigenvalue weighted by molar-refractivity contribution is 6.27. The standard InChI is InChI=1S/C43H27N3O2/c1-3-12-26(13-4-1)30-22-23-36-39(33-24-28-16-7-8-17-29(28)25-37(33)48-36)40(30)43-45-41(27-14-5-2-6-15-27)44-42(46-43)32-19-11-21-35-38(32)31-18-9-10-20-34(31)47-35/h1-25,42H,(H,44,45,46). The van der Waals surface area contributed by atoms with Crippen molar-refractivity contribution in [2.45, 2.75) is 6.17 Å². The van der Waals surface area contributed by atoms with E-state index < -0.39 is 6.17 Å². The lowest BCUT2D eigenvalue weighted by molar-refractivity contribution is 0.667. The quantitative estimate of drug-likeness (QED) is 0.214. The van der Waals surface area contributed by atoms with Crippen molar-refractivity contribution in [3.05, 3.63) is 168 Å². The van der Waals surface area contributed by atoms with Crippen LogP contribution in [0.1, 0.15) is 22.9 Å². The summed E-state index contributed by atoms with van der Waals surface area (Å²) in [6, 6.07) is 52.1. The number of para-hydroxylation sites is 1. The predicted molar refractivity (Wildman–Crippen MR) is 196 cm³/mol. The lowest BCUT2D eigenvalue weighted by Crippen LogP contribution is -2.36. The summed E-state index contributed by atoms with van der Waals surface area (Å²) in [6.07, 6.45) is -0.529. The molecular weight excluding hydrogens is 590 g/mol. The van der Waals surface area contributed by atoms with Crippen LogP contribution in [0.25, 0.3) is 65.8 Å². The van der Waals surface area contributed by atoms with Crippen molar-refractivity contribution < 1.29 is 8.83 Å². The summed E-state index contributed by atoms with van der Waals surface area (Å²) >= 11 is 0. The Balaban J connectivity index is 1.29. The Kier molecular flexibility index (Phi) is 5.87. The summed E-state index contributed by atoms with van der Waals surface area (Å²) in [5, 5.41) is 10.1. The molecule has 0 bridgehead atoms. The SMILES string of the molecule is c1ccc(C2=NC(c3cccc4oc5ccccc5c34)N=C(c3c(-c4ccccc4)ccc4oc5cc6ccccc6cc5c34)N2)cc1. The van der Waals surface area contributed by atoms with Gasteiger partial charge in [-0.15, -0.1) is 0 Å². The first-order chi connectivity index (χ1) is 23.8. The van der Waals surface area contributed by atoms with Gasteiger partial charge in [-0.1, -0.05) is 115 Å². The second-order valence-corrected chi connectivity index (χ2v) is 12.2. The van der Waals surface area contributed by atoms with Crippen LogP contribution in [-0.4, -0.2) is 11.7 Å². The highest BCUT2D eigenvalue weighted by Gasteiger charge is 2.28. The van der Waals surface area contributed by atoms with E-state index in [1.807, 2.05) is 54.6 Å². The number of aliphatic imine (C=N–C) groups is 2. The van der Waals surface area contributed by atoms with Gasteiger partial charge < -0.3 is 14.2 Å². The third-order valence-corrected chi connectivity index (χ3v) is 9.33. The second kappa shape index (κ2) is 10.5. The smallest absolute Gasteiger partial charge is 0.170 e. The highest BCUT2D eigenvalue weighted by atomic mass is 16.3. The van der Waals surface area contributed by atoms with Crippen molar-refractivity contribution in [3.63, 3.8) is 0 Å². The second-order valence-electron chi connectivity index (χ2n) is 12.2. The van der Waals surface area contributed by atoms with Gasteiger partial charge in [-0.25, -0.2) is 9.98 Å². The first kappa shape index (κ1) is 26.7. The van der Waals surface area contributed by atoms with Crippen LogP contribution in [-0.2, 0) is 0 Å². The van der Waals surface area contributed by atoms with Crippen LogP contribution in [0.5, 0.6) is 0 Å². The number of furan rings is 2. The average Bonchev–Trinajstić information content (AvgIpc) is 3.72. The molecule has 0 aliphatic carbocycles. The minimum atomic E-state index is -0.529. The molecule has 226 valence electrons. The van der Waals surface area contributed by atoms with E-state index in [4.69, 9.17) is 18.8 Å². The van der Waals surface area contributed by atoms with Crippen molar-refractivity contribution in [2.24, 2.45) is 9.98 Å². The van der Waals surface area contributed by atoms with E-state index in [2.05, 4.69) is 102 Å². The van der Waals surface area contributed by atoms with Crippen LogP contribution < -0.4 is 5.32 Å². The molecule has 10 rings (SSSR count). The highest BCUT2D eigenvalue weighted by Crippen LogP contribution is 2.41. The van der Waals surface area contributed by atoms with Crippen LogP contribution in [0.2, 0.25) is 0 Å². The van der Waals surface area contributed by atoms with Crippen LogP contribution in [0.15, 0.2) is 170 Å². The molecule has 0 saturated heterocycles. The van der Waals surface area contributed by atoms with E-state index in [1.54, 1.807) is 0 Å². The predicted octanol–water partition coefficient (Wildman–Crippen LogP) is 10.8. The van der Waals surface area contributed by atoms with Gasteiger partial charge in [-0.2, -0.15) is 0 Å². The normalized spacial score (nSPS) is 14.9. The van der Waals surface area contributed by atoms with Gasteiger partial charge in [0, 0.05) is 38.2 Å². The molecule has 1 atom stereocenters. The van der Waals surface area contributed by atoms with Gasteiger partial charge in [0.1, 0.15) is 34.0 Å². The van der Waals surface area contributed by atoms with Gasteiger partial charge in [0.25, 0.3) is 0 Å². The van der Waals surface area contributed by atoms with E-state index in [9.17, 15) is 0 Å². The first-order valence-electron chi connectivity index (χ1n) is 16.1. The largest absolute Gasteiger partial charge is 0.456 e. The molecule has 5 nitrogen and oxygen atoms in total. The fraction of sp³-hybridized carbons (Fsp3) is 0.0233. The Hall–Kier alpha value is -6.46. The Labute approximate surface area is 275 Å². The maximum absolute atomic E-state index is 6.58. The van der Waals surface area contributed by atoms with E-state index in [0.717, 1.165) is 94.1 Å². The van der Waals surface area contributed by atoms with Crippen molar-refractivity contribution in [2.75, 3.05) is 0 Å². The molecule has 1 unspecified atom stereocenters. The number of rotatable bonds is 4. The van der Waals surface area contributed by atoms with Crippen LogP contribution >= 0.6 is 0 Å². The molecule has 0 spiro atoms. The van der Waals surface area contributed by atoms with Gasteiger partial charge >= 0.3 is 0 Å². The molecule has 0 radical (unpaired) electrons. The van der Waals surface area contributed by atoms with E-state index in [-0.39, 0.29) is 0 Å². The average molecular weight is 618 g/mol. The number of hydrogen-bond donors (Lipinski definition) is 1. The number of fused-ring (bicyclic) bond motifs is 7. The van der Waals surface area contributed by atoms with Crippen molar-refractivity contribution in [1.82, 2.24) is 5.32 Å². The van der Waals surface area contributed by atoms with Gasteiger partial charge in [0.15, 0.2) is 6.17 Å². The fourth-order valence-corrected chi connectivity index (χ4v) is 7.13. The van der Waals surface area contributed by atoms with E-state index in [0.29, 0.717) is 0 Å². The monoisotopic (exact) mass is 617 g/mol. The summed E-state index contributed by atoms with van der Waals surface area (Å²) in [6.45, 7) is 0. The molecule has 9 aromatic rings. The number of nitrogens with one attached hydrogen (secondary N) is 1. The molecule has 3 heterocycles. The summed E-state index contributed by atoms with van der Waals surface area (Å²) in [5.74, 6) is 1.49. The maximum atomic E-state index is 6.58. The molecule has 7 aromatic carbocycles. The van der Waals surface area contributed by atoms with Crippen LogP contribution in [0, 0.1) is 0 Å². The summed E-state index contributed by atoms with van der Waals surface area (Å²) in [5.41, 5.74) is 8.42. The van der Waals surface area contributed by atoms with E-state index >= 15 is 0 Å². The van der Waals surface area contributed by atoms with E-state index in [1.165, 1.54) is 0 Å². The maximum Gasteiger partial charge on any atom is 0.170 e. The Morgan fingerprint density at radius 2 is 1.10 bits per heavy atom. The van der Waals surface area contributed by atoms with Gasteiger partial charge in [-0.05, 0) is 58.3 Å². The zero-order valence-corrected chi connectivity index (χ0v) is 25.7. The summed E-state index contributed by atoms with van der Waals surface area (Å²) < 4.78 is 12.9. The molecule has 0 amide bonds. The molecule has 1 aliphatic heterocycles. The minimum absolute atomic E-state index is 0.529. The molecule has 5 heteroatoms. The molecule has 1 aliphatic rings. The zero-order chi connectivity index (χ0) is 31.6. The lowest BCUT2D eigenvalue weighted by Gasteiger charge is -2.24. The Bertz CT molecular complexity index is 2760. The molecule has 0 fully saturated rings. The van der Waals surface area contributed by atoms with Crippen molar-refractivity contribution >= 4 is 66.3 Å². The lowest BCUT2D eigenvalue weighted by atomic mass is 9.93. The molecule has 48 heavy (non-hydrogen) atoms. The van der Waals surface area contributed by atoms with Gasteiger partial charge in [-0.3, -0.25) is 0 Å². The molecule has 2 aromatic heterocycles. The van der Waals surface area contributed by atoms with Gasteiger partial charge in [0.2, 0.25) is 0 Å². The number of amidine groups is 2. The Morgan fingerprint density at radius 3 is 1.94 bits per heavy atom. The van der Waals surface area contributed by atoms with Crippen LogP contribution in [0.3, 0.4) is 0 Å². The zero-order valence-electron chi connectivity index (χ0n) is 25.7. The number of benzene rings is 7. The minimum Gasteiger partial charge on any atom is -0.456 e. The van der Waals surface area contributed by atoms with Crippen molar-refractivity contribution in [3.8, 4) is 11.1 Å². The summed E-state index contributed by atoms with van der Waals surface area (Å²) in [4.78, 5) is 10.7. The molecule has 0 saturated carbocycles. The molecular formula is C43H27N3O2. The third kappa shape index (κ3) is 4.18. The fourth-order valence-electron chi connectivity index (χ4n) is 7.13. The Morgan fingerprint density at radius 1 is 0.458 bits per heavy atom. The number of hydrogen-bond acceptors (Lipinski definition) is 5. The van der Waals surface area contributed by atoms with Crippen molar-refractivity contribution in [1.29, 1.82) is 0 Å². The van der Waals surface area contributed by atoms with Gasteiger partial charge in [0.05, 0.1) is 0 Å². The topological polar surface area (TPSA) is 63.0 Å².